The summed E-state index contributed by atoms with van der Waals surface area (Å²) < 4.78 is 0. The first-order valence-electron chi connectivity index (χ1n) is 1.53. The van der Waals surface area contributed by atoms with Crippen molar-refractivity contribution in [1.82, 2.24) is 0 Å². The van der Waals surface area contributed by atoms with Crippen molar-refractivity contribution in [3.05, 3.63) is 12.2 Å². The largest absolute Gasteiger partial charge is 0.478 e. The van der Waals surface area contributed by atoms with Crippen molar-refractivity contribution in [3.8, 4) is 0 Å². The molecule has 0 aromatic carbocycles. The molecule has 3 nitrogen and oxygen atoms in total. The third-order valence-electron chi connectivity index (χ3n) is 0.365. The van der Waals surface area contributed by atoms with Gasteiger partial charge in [0.1, 0.15) is 0 Å². The van der Waals surface area contributed by atoms with E-state index in [0.29, 0.717) is 0 Å². The summed E-state index contributed by atoms with van der Waals surface area (Å²) in [6, 6.07) is 0. The zero-order chi connectivity index (χ0) is 5.15. The number of rotatable bonds is 1. The molecule has 0 aliphatic carbocycles. The van der Waals surface area contributed by atoms with Crippen molar-refractivity contribution in [2.45, 2.75) is 6.92 Å². The number of carboxylic acid groups (broad SMARTS) is 1. The fraction of sp³-hybridized carbons (Fsp3) is 0.250. The molecule has 0 bridgehead atoms. The van der Waals surface area contributed by atoms with Crippen LogP contribution in [0, 0.1) is 0 Å². The van der Waals surface area contributed by atoms with E-state index < -0.39 is 5.97 Å². The summed E-state index contributed by atoms with van der Waals surface area (Å²) in [5.74, 6) is -0.935. The van der Waals surface area contributed by atoms with Gasteiger partial charge in [0.15, 0.2) is 0 Å². The van der Waals surface area contributed by atoms with Crippen LogP contribution >= 0.6 is 9.90 Å². The highest BCUT2D eigenvalue weighted by atomic mass is 31.0. The van der Waals surface area contributed by atoms with Gasteiger partial charge in [-0.05, 0) is 6.92 Å². The fourth-order valence-electron chi connectivity index (χ4n) is 0. The number of hydrogen-bond donors (Lipinski definition) is 1. The maximum atomic E-state index is 9.60. The molecule has 0 rings (SSSR count). The van der Waals surface area contributed by atoms with Gasteiger partial charge in [-0.25, -0.2) is 4.79 Å². The lowest BCUT2D eigenvalue weighted by molar-refractivity contribution is -0.132. The van der Waals surface area contributed by atoms with E-state index in [1.807, 2.05) is 0 Å². The predicted octanol–water partition coefficient (Wildman–Crippen LogP) is -0.120. The van der Waals surface area contributed by atoms with Gasteiger partial charge in [0.25, 0.3) is 0 Å². The van der Waals surface area contributed by atoms with Crippen LogP contribution in [0.3, 0.4) is 0 Å². The molecule has 0 aromatic heterocycles. The second kappa shape index (κ2) is 6.60. The minimum Gasteiger partial charge on any atom is -0.478 e. The standard InChI is InChI=1S/C4H6O2.H2O.H3P/c1-3(2)4(5)6;;/h1H2,2H3,(H,5,6);1H2;1H3. The molecule has 1 unspecified atom stereocenters. The quantitative estimate of drug-likeness (QED) is 0.405. The Bertz CT molecular complexity index is 77.3. The van der Waals surface area contributed by atoms with Crippen LogP contribution in [0.5, 0.6) is 0 Å². The number of carboxylic acids is 1. The van der Waals surface area contributed by atoms with Gasteiger partial charge in [0.2, 0.25) is 0 Å². The normalized spacial score (nSPS) is 5.62. The third kappa shape index (κ3) is 9.14. The Hall–Kier alpha value is -0.400. The molecule has 1 atom stereocenters. The van der Waals surface area contributed by atoms with E-state index >= 15 is 0 Å². The average Bonchev–Trinajstić information content (AvgIpc) is 1.36. The second-order valence-electron chi connectivity index (χ2n) is 1.09. The summed E-state index contributed by atoms with van der Waals surface area (Å²) in [6.45, 7) is 4.60. The SMILES string of the molecule is C=C(C)C(=O)O.O.P. The first-order valence-corrected chi connectivity index (χ1v) is 1.53. The Morgan fingerprint density at radius 2 is 1.75 bits per heavy atom. The summed E-state index contributed by atoms with van der Waals surface area (Å²) in [4.78, 5) is 9.60. The molecule has 4 heteroatoms. The molecule has 0 aliphatic heterocycles. The van der Waals surface area contributed by atoms with Gasteiger partial charge in [-0.1, -0.05) is 6.58 Å². The summed E-state index contributed by atoms with van der Waals surface area (Å²) in [6.07, 6.45) is 0. The zero-order valence-electron chi connectivity index (χ0n) is 4.77. The van der Waals surface area contributed by atoms with E-state index in [2.05, 4.69) is 6.58 Å². The van der Waals surface area contributed by atoms with Gasteiger partial charge in [-0.3, -0.25) is 0 Å². The molecule has 0 radical (unpaired) electrons. The molecule has 0 spiro atoms. The Kier molecular flexibility index (Phi) is 12.9. The topological polar surface area (TPSA) is 68.8 Å². The molecule has 0 saturated carbocycles. The van der Waals surface area contributed by atoms with E-state index in [1.54, 1.807) is 0 Å². The molecule has 0 saturated heterocycles. The monoisotopic (exact) mass is 138 g/mol. The van der Waals surface area contributed by atoms with Crippen LogP contribution in [0.4, 0.5) is 0 Å². The van der Waals surface area contributed by atoms with Crippen LogP contribution in [0.25, 0.3) is 0 Å². The van der Waals surface area contributed by atoms with Gasteiger partial charge in [0.05, 0.1) is 0 Å². The average molecular weight is 138 g/mol. The van der Waals surface area contributed by atoms with Crippen molar-refractivity contribution in [1.29, 1.82) is 0 Å². The fourth-order valence-corrected chi connectivity index (χ4v) is 0. The highest BCUT2D eigenvalue weighted by Crippen LogP contribution is 1.81. The van der Waals surface area contributed by atoms with E-state index in [0.717, 1.165) is 0 Å². The minimum absolute atomic E-state index is 0. The van der Waals surface area contributed by atoms with Crippen molar-refractivity contribution in [3.63, 3.8) is 0 Å². The van der Waals surface area contributed by atoms with Crippen molar-refractivity contribution >= 4 is 15.9 Å². The predicted molar refractivity (Wildman–Crippen MR) is 37.2 cm³/mol. The first kappa shape index (κ1) is 15.6. The number of aliphatic carboxylic acids is 1. The third-order valence-corrected chi connectivity index (χ3v) is 0.365. The number of carbonyl (C=O) groups is 1. The van der Waals surface area contributed by atoms with Crippen molar-refractivity contribution < 1.29 is 15.4 Å². The maximum Gasteiger partial charge on any atom is 0.330 e. The molecular formula is C4H11O3P. The lowest BCUT2D eigenvalue weighted by atomic mass is 10.4. The van der Waals surface area contributed by atoms with Crippen LogP contribution in [0.2, 0.25) is 0 Å². The highest BCUT2D eigenvalue weighted by molar-refractivity contribution is 6.92. The molecule has 0 fully saturated rings. The first-order chi connectivity index (χ1) is 2.64. The van der Waals surface area contributed by atoms with E-state index in [-0.39, 0.29) is 20.9 Å². The summed E-state index contributed by atoms with van der Waals surface area (Å²) in [5, 5.41) is 7.89. The molecule has 50 valence electrons. The van der Waals surface area contributed by atoms with Crippen LogP contribution in [-0.2, 0) is 4.79 Å². The van der Waals surface area contributed by atoms with Crippen molar-refractivity contribution in [2.75, 3.05) is 0 Å². The summed E-state index contributed by atoms with van der Waals surface area (Å²) in [7, 11) is 0. The van der Waals surface area contributed by atoms with Crippen LogP contribution in [0.15, 0.2) is 12.2 Å². The smallest absolute Gasteiger partial charge is 0.330 e. The zero-order valence-corrected chi connectivity index (χ0v) is 6.18. The van der Waals surface area contributed by atoms with Gasteiger partial charge < -0.3 is 10.6 Å². The molecular weight excluding hydrogens is 127 g/mol. The van der Waals surface area contributed by atoms with E-state index in [1.165, 1.54) is 6.92 Å². The number of hydrogen-bond acceptors (Lipinski definition) is 1. The second-order valence-corrected chi connectivity index (χ2v) is 1.09. The van der Waals surface area contributed by atoms with Crippen molar-refractivity contribution in [2.24, 2.45) is 0 Å². The van der Waals surface area contributed by atoms with Gasteiger partial charge >= 0.3 is 5.97 Å². The maximum absolute atomic E-state index is 9.60. The molecule has 8 heavy (non-hydrogen) atoms. The van der Waals surface area contributed by atoms with Gasteiger partial charge in [-0.2, -0.15) is 9.90 Å². The molecule has 0 aromatic rings. The molecule has 0 heterocycles. The van der Waals surface area contributed by atoms with Crippen LogP contribution in [0.1, 0.15) is 6.92 Å². The van der Waals surface area contributed by atoms with Gasteiger partial charge in [-0.15, -0.1) is 0 Å². The minimum atomic E-state index is -0.935. The van der Waals surface area contributed by atoms with Crippen LogP contribution in [-0.4, -0.2) is 16.6 Å². The lowest BCUT2D eigenvalue weighted by Crippen LogP contribution is -1.92. The van der Waals surface area contributed by atoms with Gasteiger partial charge in [0, 0.05) is 5.57 Å². The summed E-state index contributed by atoms with van der Waals surface area (Å²) >= 11 is 0. The van der Waals surface area contributed by atoms with Crippen LogP contribution < -0.4 is 0 Å². The van der Waals surface area contributed by atoms with E-state index in [4.69, 9.17) is 5.11 Å². The Morgan fingerprint density at radius 1 is 1.62 bits per heavy atom. The Balaban J connectivity index is -0.000000125. The lowest BCUT2D eigenvalue weighted by Gasteiger charge is -1.79. The van der Waals surface area contributed by atoms with E-state index in [9.17, 15) is 4.79 Å². The molecule has 0 aliphatic rings. The molecule has 0 amide bonds. The highest BCUT2D eigenvalue weighted by Gasteiger charge is 1.90. The Morgan fingerprint density at radius 3 is 1.75 bits per heavy atom. The Labute approximate surface area is 51.3 Å². The summed E-state index contributed by atoms with van der Waals surface area (Å²) in [5.41, 5.74) is 0.176. The molecule has 3 N–H and O–H groups in total.